The number of anilines is 2. The van der Waals surface area contributed by atoms with Crippen LogP contribution in [0.1, 0.15) is 37.2 Å². The van der Waals surface area contributed by atoms with Crippen molar-refractivity contribution in [3.8, 4) is 5.75 Å². The number of hydrogen-bond donors (Lipinski definition) is 1. The van der Waals surface area contributed by atoms with E-state index in [1.807, 2.05) is 17.0 Å². The normalized spacial score (nSPS) is 10.4. The van der Waals surface area contributed by atoms with Crippen LogP contribution in [0.15, 0.2) is 36.5 Å². The van der Waals surface area contributed by atoms with Gasteiger partial charge in [-0.3, -0.25) is 9.78 Å². The Labute approximate surface area is 154 Å². The van der Waals surface area contributed by atoms with Gasteiger partial charge in [-0.25, -0.2) is 0 Å². The molecule has 6 heteroatoms. The Bertz CT molecular complexity index is 716. The zero-order valence-corrected chi connectivity index (χ0v) is 15.6. The molecule has 0 unspecified atom stereocenters. The third-order valence-electron chi connectivity index (χ3n) is 3.69. The van der Waals surface area contributed by atoms with E-state index in [2.05, 4.69) is 24.1 Å². The molecule has 0 radical (unpaired) electrons. The molecule has 1 N–H and O–H groups in total. The summed E-state index contributed by atoms with van der Waals surface area (Å²) in [5.74, 6) is 0.577. The van der Waals surface area contributed by atoms with Crippen molar-refractivity contribution < 1.29 is 9.53 Å². The molecule has 0 saturated carbocycles. The standard InChI is InChI=1S/C19H24ClN3O2/c1-4-10-23(11-5-2)19(24)17-13-15(8-9-21-17)22-14-6-7-18(25-3)16(20)12-14/h6-9,12-13H,4-5,10-11H2,1-3H3,(H,21,22). The van der Waals surface area contributed by atoms with E-state index in [0.717, 1.165) is 37.3 Å². The lowest BCUT2D eigenvalue weighted by Crippen LogP contribution is -2.33. The van der Waals surface area contributed by atoms with Crippen molar-refractivity contribution in [2.75, 3.05) is 25.5 Å². The molecular weight excluding hydrogens is 338 g/mol. The number of ether oxygens (including phenoxy) is 1. The summed E-state index contributed by atoms with van der Waals surface area (Å²) in [6.07, 6.45) is 3.48. The van der Waals surface area contributed by atoms with E-state index in [1.165, 1.54) is 0 Å². The van der Waals surface area contributed by atoms with Gasteiger partial charge in [0.1, 0.15) is 11.4 Å². The van der Waals surface area contributed by atoms with Crippen LogP contribution in [-0.2, 0) is 0 Å². The first-order valence-corrected chi connectivity index (χ1v) is 8.82. The molecule has 0 spiro atoms. The van der Waals surface area contributed by atoms with Crippen LogP contribution in [0.3, 0.4) is 0 Å². The van der Waals surface area contributed by atoms with E-state index in [4.69, 9.17) is 16.3 Å². The van der Waals surface area contributed by atoms with E-state index in [-0.39, 0.29) is 5.91 Å². The van der Waals surface area contributed by atoms with Crippen molar-refractivity contribution in [1.29, 1.82) is 0 Å². The molecule has 0 aliphatic rings. The highest BCUT2D eigenvalue weighted by Gasteiger charge is 2.16. The number of halogens is 1. The smallest absolute Gasteiger partial charge is 0.272 e. The maximum absolute atomic E-state index is 12.7. The maximum Gasteiger partial charge on any atom is 0.272 e. The van der Waals surface area contributed by atoms with Crippen LogP contribution < -0.4 is 10.1 Å². The molecule has 0 aliphatic heterocycles. The van der Waals surface area contributed by atoms with Crippen molar-refractivity contribution >= 4 is 28.9 Å². The van der Waals surface area contributed by atoms with Crippen LogP contribution in [0.2, 0.25) is 5.02 Å². The van der Waals surface area contributed by atoms with E-state index >= 15 is 0 Å². The SMILES string of the molecule is CCCN(CCC)C(=O)c1cc(Nc2ccc(OC)c(Cl)c2)ccn1. The summed E-state index contributed by atoms with van der Waals surface area (Å²) in [4.78, 5) is 18.7. The minimum Gasteiger partial charge on any atom is -0.495 e. The molecule has 0 aliphatic carbocycles. The second-order valence-corrected chi connectivity index (χ2v) is 6.10. The Morgan fingerprint density at radius 2 is 1.84 bits per heavy atom. The van der Waals surface area contributed by atoms with Gasteiger partial charge in [-0.15, -0.1) is 0 Å². The molecule has 25 heavy (non-hydrogen) atoms. The first-order chi connectivity index (χ1) is 12.1. The molecule has 0 saturated heterocycles. The molecule has 2 rings (SSSR count). The molecular formula is C19H24ClN3O2. The summed E-state index contributed by atoms with van der Waals surface area (Å²) in [6, 6.07) is 9.02. The molecule has 0 bridgehead atoms. The number of methoxy groups -OCH3 is 1. The lowest BCUT2D eigenvalue weighted by Gasteiger charge is -2.21. The summed E-state index contributed by atoms with van der Waals surface area (Å²) in [6.45, 7) is 5.60. The predicted octanol–water partition coefficient (Wildman–Crippen LogP) is 4.75. The number of benzene rings is 1. The highest BCUT2D eigenvalue weighted by Crippen LogP contribution is 2.28. The van der Waals surface area contributed by atoms with Crippen molar-refractivity contribution in [1.82, 2.24) is 9.88 Å². The summed E-state index contributed by atoms with van der Waals surface area (Å²) >= 11 is 6.15. The number of nitrogens with zero attached hydrogens (tertiary/aromatic N) is 2. The second kappa shape index (κ2) is 9.28. The lowest BCUT2D eigenvalue weighted by atomic mass is 10.2. The number of carbonyl (C=O) groups excluding carboxylic acids is 1. The van der Waals surface area contributed by atoms with Gasteiger partial charge in [0.15, 0.2) is 0 Å². The molecule has 2 aromatic rings. The number of hydrogen-bond acceptors (Lipinski definition) is 4. The zero-order valence-electron chi connectivity index (χ0n) is 14.9. The van der Waals surface area contributed by atoms with Crippen LogP contribution in [0.5, 0.6) is 5.75 Å². The Morgan fingerprint density at radius 3 is 2.44 bits per heavy atom. The van der Waals surface area contributed by atoms with Gasteiger partial charge < -0.3 is 15.0 Å². The van der Waals surface area contributed by atoms with Crippen LogP contribution in [0.25, 0.3) is 0 Å². The lowest BCUT2D eigenvalue weighted by molar-refractivity contribution is 0.0749. The quantitative estimate of drug-likeness (QED) is 0.737. The van der Waals surface area contributed by atoms with Gasteiger partial charge >= 0.3 is 0 Å². The van der Waals surface area contributed by atoms with Crippen molar-refractivity contribution in [3.63, 3.8) is 0 Å². The first kappa shape index (κ1) is 19.1. The zero-order chi connectivity index (χ0) is 18.2. The van der Waals surface area contributed by atoms with Gasteiger partial charge in [0.05, 0.1) is 12.1 Å². The Balaban J connectivity index is 2.17. The Hall–Kier alpha value is -2.27. The van der Waals surface area contributed by atoms with Crippen LogP contribution in [0.4, 0.5) is 11.4 Å². The Kier molecular flexibility index (Phi) is 7.07. The van der Waals surface area contributed by atoms with Gasteiger partial charge in [0, 0.05) is 30.7 Å². The number of rotatable bonds is 8. The number of nitrogens with one attached hydrogen (secondary N) is 1. The molecule has 1 amide bonds. The number of amides is 1. The summed E-state index contributed by atoms with van der Waals surface area (Å²) < 4.78 is 5.15. The highest BCUT2D eigenvalue weighted by atomic mass is 35.5. The predicted molar refractivity (Wildman–Crippen MR) is 102 cm³/mol. The minimum absolute atomic E-state index is 0.0416. The van der Waals surface area contributed by atoms with Crippen LogP contribution in [-0.4, -0.2) is 36.0 Å². The summed E-state index contributed by atoms with van der Waals surface area (Å²) in [5.41, 5.74) is 2.04. The third-order valence-corrected chi connectivity index (χ3v) is 3.99. The third kappa shape index (κ3) is 5.10. The minimum atomic E-state index is -0.0416. The van der Waals surface area contributed by atoms with E-state index in [0.29, 0.717) is 16.5 Å². The van der Waals surface area contributed by atoms with Gasteiger partial charge in [-0.1, -0.05) is 25.4 Å². The molecule has 5 nitrogen and oxygen atoms in total. The van der Waals surface area contributed by atoms with Gasteiger partial charge in [-0.05, 0) is 43.2 Å². The van der Waals surface area contributed by atoms with E-state index in [9.17, 15) is 4.79 Å². The van der Waals surface area contributed by atoms with Crippen LogP contribution in [0, 0.1) is 0 Å². The molecule has 1 aromatic carbocycles. The molecule has 1 aromatic heterocycles. The molecule has 1 heterocycles. The maximum atomic E-state index is 12.7. The van der Waals surface area contributed by atoms with Crippen LogP contribution >= 0.6 is 11.6 Å². The number of carbonyl (C=O) groups is 1. The van der Waals surface area contributed by atoms with Gasteiger partial charge in [0.2, 0.25) is 0 Å². The summed E-state index contributed by atoms with van der Waals surface area (Å²) in [7, 11) is 1.58. The fraction of sp³-hybridized carbons (Fsp3) is 0.368. The summed E-state index contributed by atoms with van der Waals surface area (Å²) in [5, 5.41) is 3.77. The monoisotopic (exact) mass is 361 g/mol. The largest absolute Gasteiger partial charge is 0.495 e. The Morgan fingerprint density at radius 1 is 1.16 bits per heavy atom. The second-order valence-electron chi connectivity index (χ2n) is 5.70. The molecule has 0 fully saturated rings. The number of aromatic nitrogens is 1. The topological polar surface area (TPSA) is 54.5 Å². The van der Waals surface area contributed by atoms with Crippen molar-refractivity contribution in [2.45, 2.75) is 26.7 Å². The average molecular weight is 362 g/mol. The van der Waals surface area contributed by atoms with Gasteiger partial charge in [-0.2, -0.15) is 0 Å². The molecule has 134 valence electrons. The van der Waals surface area contributed by atoms with E-state index < -0.39 is 0 Å². The first-order valence-electron chi connectivity index (χ1n) is 8.44. The average Bonchev–Trinajstić information content (AvgIpc) is 2.61. The van der Waals surface area contributed by atoms with Crippen molar-refractivity contribution in [3.05, 3.63) is 47.2 Å². The van der Waals surface area contributed by atoms with E-state index in [1.54, 1.807) is 31.5 Å². The number of pyridine rings is 1. The van der Waals surface area contributed by atoms with Gasteiger partial charge in [0.25, 0.3) is 5.91 Å². The van der Waals surface area contributed by atoms with Crippen molar-refractivity contribution in [2.24, 2.45) is 0 Å². The molecule has 0 atom stereocenters. The highest BCUT2D eigenvalue weighted by molar-refractivity contribution is 6.32. The fourth-order valence-electron chi connectivity index (χ4n) is 2.55. The fourth-order valence-corrected chi connectivity index (χ4v) is 2.81.